The Morgan fingerprint density at radius 2 is 1.63 bits per heavy atom. The van der Waals surface area contributed by atoms with Crippen LogP contribution in [0, 0.1) is 0 Å². The second-order valence-electron chi connectivity index (χ2n) is 6.33. The minimum Gasteiger partial charge on any atom is -0.355 e. The van der Waals surface area contributed by atoms with E-state index in [1.807, 2.05) is 54.4 Å². The number of hydrogen-bond donors (Lipinski definition) is 0. The summed E-state index contributed by atoms with van der Waals surface area (Å²) < 4.78 is 27.7. The molecule has 0 aliphatic rings. The van der Waals surface area contributed by atoms with Crippen LogP contribution in [-0.4, -0.2) is 24.4 Å². The van der Waals surface area contributed by atoms with Crippen LogP contribution in [0.4, 0.5) is 5.82 Å². The van der Waals surface area contributed by atoms with Gasteiger partial charge in [-0.15, -0.1) is 0 Å². The molecule has 0 unspecified atom stereocenters. The number of hydrogen-bond acceptors (Lipinski definition) is 4. The summed E-state index contributed by atoms with van der Waals surface area (Å²) in [5, 5.41) is 0.916. The van der Waals surface area contributed by atoms with E-state index in [9.17, 15) is 8.42 Å². The van der Waals surface area contributed by atoms with E-state index < -0.39 is 10.0 Å². The molecule has 0 aliphatic heterocycles. The summed E-state index contributed by atoms with van der Waals surface area (Å²) in [6.07, 6.45) is 3.46. The molecule has 0 spiro atoms. The zero-order chi connectivity index (χ0) is 18.9. The first-order valence-corrected chi connectivity index (χ1v) is 10.0. The molecule has 2 aromatic heterocycles. The molecule has 0 saturated heterocycles. The van der Waals surface area contributed by atoms with Crippen molar-refractivity contribution in [2.24, 2.45) is 0 Å². The second-order valence-corrected chi connectivity index (χ2v) is 8.14. The van der Waals surface area contributed by atoms with Crippen LogP contribution in [0.2, 0.25) is 0 Å². The summed E-state index contributed by atoms with van der Waals surface area (Å²) in [7, 11) is -1.72. The number of anilines is 1. The first kappa shape index (κ1) is 17.3. The quantitative estimate of drug-likeness (QED) is 0.529. The third kappa shape index (κ3) is 3.19. The molecular weight excluding hydrogens is 358 g/mol. The summed E-state index contributed by atoms with van der Waals surface area (Å²) in [5.74, 6) is 0.834. The molecule has 0 atom stereocenters. The first-order valence-electron chi connectivity index (χ1n) is 8.59. The topological polar surface area (TPSA) is 55.2 Å². The Kier molecular flexibility index (Phi) is 4.41. The second kappa shape index (κ2) is 6.89. The van der Waals surface area contributed by atoms with E-state index in [0.717, 1.165) is 16.8 Å². The molecule has 0 N–H and O–H groups in total. The van der Waals surface area contributed by atoms with E-state index >= 15 is 0 Å². The molecule has 0 saturated carbocycles. The lowest BCUT2D eigenvalue weighted by molar-refractivity contribution is 0.589. The molecule has 0 amide bonds. The van der Waals surface area contributed by atoms with Crippen LogP contribution in [0.5, 0.6) is 0 Å². The van der Waals surface area contributed by atoms with Gasteiger partial charge in [0.25, 0.3) is 10.0 Å². The van der Waals surface area contributed by atoms with Gasteiger partial charge < -0.3 is 4.90 Å². The average molecular weight is 377 g/mol. The maximum atomic E-state index is 13.2. The van der Waals surface area contributed by atoms with Crippen molar-refractivity contribution in [1.82, 2.24) is 8.96 Å². The largest absolute Gasteiger partial charge is 0.355 e. The lowest BCUT2D eigenvalue weighted by Gasteiger charge is -2.17. The van der Waals surface area contributed by atoms with E-state index in [2.05, 4.69) is 4.98 Å². The molecule has 27 heavy (non-hydrogen) atoms. The van der Waals surface area contributed by atoms with Gasteiger partial charge in [0.15, 0.2) is 0 Å². The summed E-state index contributed by atoms with van der Waals surface area (Å²) in [4.78, 5) is 6.63. The minimum absolute atomic E-state index is 0.274. The number of aromatic nitrogens is 2. The van der Waals surface area contributed by atoms with E-state index in [1.165, 1.54) is 3.97 Å². The van der Waals surface area contributed by atoms with Crippen LogP contribution in [0.25, 0.3) is 10.9 Å². The van der Waals surface area contributed by atoms with E-state index in [-0.39, 0.29) is 4.90 Å². The van der Waals surface area contributed by atoms with Gasteiger partial charge in [-0.1, -0.05) is 42.5 Å². The van der Waals surface area contributed by atoms with Crippen LogP contribution < -0.4 is 4.90 Å². The van der Waals surface area contributed by atoms with Gasteiger partial charge in [-0.3, -0.25) is 0 Å². The number of nitrogens with zero attached hydrogens (tertiary/aromatic N) is 3. The molecule has 4 aromatic rings. The molecule has 0 radical (unpaired) electrons. The molecule has 0 bridgehead atoms. The molecule has 136 valence electrons. The van der Waals surface area contributed by atoms with Crippen LogP contribution >= 0.6 is 0 Å². The van der Waals surface area contributed by atoms with Gasteiger partial charge >= 0.3 is 0 Å². The van der Waals surface area contributed by atoms with Crippen molar-refractivity contribution in [3.63, 3.8) is 0 Å². The van der Waals surface area contributed by atoms with Crippen molar-refractivity contribution in [2.45, 2.75) is 11.4 Å². The summed E-state index contributed by atoms with van der Waals surface area (Å²) in [6, 6.07) is 21.8. The van der Waals surface area contributed by atoms with Crippen molar-refractivity contribution >= 4 is 26.7 Å². The summed E-state index contributed by atoms with van der Waals surface area (Å²) >= 11 is 0. The Bertz CT molecular complexity index is 1170. The number of benzene rings is 2. The summed E-state index contributed by atoms with van der Waals surface area (Å²) in [6.45, 7) is 0.550. The van der Waals surface area contributed by atoms with Gasteiger partial charge in [0.2, 0.25) is 0 Å². The molecular formula is C21H19N3O2S. The van der Waals surface area contributed by atoms with Crippen molar-refractivity contribution in [2.75, 3.05) is 11.9 Å². The molecule has 5 nitrogen and oxygen atoms in total. The minimum atomic E-state index is -3.66. The number of para-hydroxylation sites is 1. The number of pyridine rings is 1. The fourth-order valence-corrected chi connectivity index (χ4v) is 4.58. The van der Waals surface area contributed by atoms with E-state index in [0.29, 0.717) is 12.1 Å². The van der Waals surface area contributed by atoms with Crippen LogP contribution in [0.1, 0.15) is 5.56 Å². The van der Waals surface area contributed by atoms with Gasteiger partial charge in [0, 0.05) is 31.4 Å². The highest BCUT2D eigenvalue weighted by atomic mass is 32.2. The van der Waals surface area contributed by atoms with Gasteiger partial charge in [0.05, 0.1) is 10.4 Å². The highest BCUT2D eigenvalue weighted by Crippen LogP contribution is 2.27. The van der Waals surface area contributed by atoms with Crippen molar-refractivity contribution in [3.05, 3.63) is 90.8 Å². The van der Waals surface area contributed by atoms with Gasteiger partial charge in [-0.25, -0.2) is 17.4 Å². The molecule has 4 rings (SSSR count). The molecule has 6 heteroatoms. The van der Waals surface area contributed by atoms with E-state index in [4.69, 9.17) is 0 Å². The highest BCUT2D eigenvalue weighted by Gasteiger charge is 2.21. The summed E-state index contributed by atoms with van der Waals surface area (Å²) in [5.41, 5.74) is 1.60. The molecule has 2 heterocycles. The van der Waals surface area contributed by atoms with Crippen LogP contribution in [0.15, 0.2) is 90.1 Å². The fourth-order valence-electron chi connectivity index (χ4n) is 3.16. The zero-order valence-corrected chi connectivity index (χ0v) is 15.7. The molecule has 0 aliphatic carbocycles. The molecule has 0 fully saturated rings. The Morgan fingerprint density at radius 3 is 2.37 bits per heavy atom. The monoisotopic (exact) mass is 377 g/mol. The standard InChI is InChI=1S/C21H19N3O2S/c1-23(21-13-7-8-14-22-21)15-17-16-24(20-12-6-5-11-19(17)20)27(25,26)18-9-3-2-4-10-18/h2-14,16H,15H2,1H3. The van der Waals surface area contributed by atoms with E-state index in [1.54, 1.807) is 42.7 Å². The number of rotatable bonds is 5. The van der Waals surface area contributed by atoms with Gasteiger partial charge in [0.1, 0.15) is 5.82 Å². The maximum absolute atomic E-state index is 13.2. The lowest BCUT2D eigenvalue weighted by atomic mass is 10.1. The highest BCUT2D eigenvalue weighted by molar-refractivity contribution is 7.90. The fraction of sp³-hybridized carbons (Fsp3) is 0.0952. The number of fused-ring (bicyclic) bond motifs is 1. The normalized spacial score (nSPS) is 11.6. The third-order valence-electron chi connectivity index (χ3n) is 4.51. The van der Waals surface area contributed by atoms with Crippen molar-refractivity contribution in [1.29, 1.82) is 0 Å². The Balaban J connectivity index is 1.80. The Morgan fingerprint density at radius 1 is 0.926 bits per heavy atom. The van der Waals surface area contributed by atoms with Crippen molar-refractivity contribution in [3.8, 4) is 0 Å². The Labute approximate surface area is 158 Å². The predicted molar refractivity (Wildman–Crippen MR) is 107 cm³/mol. The van der Waals surface area contributed by atoms with Crippen molar-refractivity contribution < 1.29 is 8.42 Å². The van der Waals surface area contributed by atoms with Gasteiger partial charge in [-0.2, -0.15) is 0 Å². The van der Waals surface area contributed by atoms with Crippen LogP contribution in [-0.2, 0) is 16.6 Å². The maximum Gasteiger partial charge on any atom is 0.268 e. The zero-order valence-electron chi connectivity index (χ0n) is 14.9. The molecule has 2 aromatic carbocycles. The van der Waals surface area contributed by atoms with Gasteiger partial charge in [-0.05, 0) is 35.9 Å². The SMILES string of the molecule is CN(Cc1cn(S(=O)(=O)c2ccccc2)c2ccccc12)c1ccccn1. The average Bonchev–Trinajstić information content (AvgIpc) is 3.09. The first-order chi connectivity index (χ1) is 13.1. The van der Waals surface area contributed by atoms with Crippen LogP contribution in [0.3, 0.4) is 0 Å². The lowest BCUT2D eigenvalue weighted by Crippen LogP contribution is -2.17. The predicted octanol–water partition coefficient (Wildman–Crippen LogP) is 3.91. The smallest absolute Gasteiger partial charge is 0.268 e. The third-order valence-corrected chi connectivity index (χ3v) is 6.20. The Hall–Kier alpha value is -3.12.